The molecular weight excluding hydrogens is 356 g/mol. The van der Waals surface area contributed by atoms with E-state index in [-0.39, 0.29) is 30.3 Å². The van der Waals surface area contributed by atoms with Crippen LogP contribution in [0.25, 0.3) is 6.08 Å². The number of nitrogens with one attached hydrogen (secondary N) is 1. The molecule has 5 nitrogen and oxygen atoms in total. The Morgan fingerprint density at radius 1 is 1.36 bits per heavy atom. The molecule has 1 fully saturated rings. The van der Waals surface area contributed by atoms with Crippen LogP contribution in [-0.2, 0) is 9.59 Å². The number of amides is 2. The van der Waals surface area contributed by atoms with Crippen molar-refractivity contribution < 1.29 is 14.3 Å². The van der Waals surface area contributed by atoms with Crippen molar-refractivity contribution in [3.05, 3.63) is 34.7 Å². The second-order valence-corrected chi connectivity index (χ2v) is 8.30. The number of hydrogen-bond donors (Lipinski definition) is 1. The van der Waals surface area contributed by atoms with Crippen molar-refractivity contribution in [3.63, 3.8) is 0 Å². The van der Waals surface area contributed by atoms with E-state index in [1.807, 2.05) is 45.0 Å². The molecule has 0 aromatic heterocycles. The maximum atomic E-state index is 12.6. The van der Waals surface area contributed by atoms with Crippen molar-refractivity contribution in [1.29, 1.82) is 0 Å². The molecule has 25 heavy (non-hydrogen) atoms. The number of para-hydroxylation sites is 1. The lowest BCUT2D eigenvalue weighted by atomic mass is 10.1. The number of carbonyl (C=O) groups is 2. The molecule has 0 bridgehead atoms. The Hall–Kier alpha value is -1.86. The van der Waals surface area contributed by atoms with Gasteiger partial charge in [0.2, 0.25) is 5.91 Å². The van der Waals surface area contributed by atoms with Crippen LogP contribution >= 0.6 is 24.0 Å². The van der Waals surface area contributed by atoms with Gasteiger partial charge in [0.25, 0.3) is 5.91 Å². The van der Waals surface area contributed by atoms with Gasteiger partial charge >= 0.3 is 0 Å². The number of methoxy groups -OCH3 is 1. The Balaban J connectivity index is 2.07. The van der Waals surface area contributed by atoms with E-state index in [0.29, 0.717) is 15.0 Å². The number of thiocarbonyl (C=S) groups is 1. The summed E-state index contributed by atoms with van der Waals surface area (Å²) in [5.74, 6) is 0.414. The van der Waals surface area contributed by atoms with E-state index in [9.17, 15) is 9.59 Å². The first kappa shape index (κ1) is 19.5. The Bertz CT molecular complexity index is 723. The van der Waals surface area contributed by atoms with Gasteiger partial charge in [-0.25, -0.2) is 0 Å². The van der Waals surface area contributed by atoms with Crippen LogP contribution in [0.4, 0.5) is 0 Å². The molecule has 1 aliphatic rings. The van der Waals surface area contributed by atoms with Gasteiger partial charge in [-0.3, -0.25) is 14.5 Å². The van der Waals surface area contributed by atoms with Crippen molar-refractivity contribution in [3.8, 4) is 5.75 Å². The highest BCUT2D eigenvalue weighted by Gasteiger charge is 2.32. The minimum atomic E-state index is -0.295. The summed E-state index contributed by atoms with van der Waals surface area (Å²) in [5, 5.41) is 2.88. The van der Waals surface area contributed by atoms with Crippen LogP contribution in [-0.4, -0.2) is 40.2 Å². The van der Waals surface area contributed by atoms with Crippen LogP contribution in [0.2, 0.25) is 0 Å². The smallest absolute Gasteiger partial charge is 0.266 e. The molecule has 1 heterocycles. The van der Waals surface area contributed by atoms with Crippen molar-refractivity contribution in [2.75, 3.05) is 13.7 Å². The zero-order chi connectivity index (χ0) is 18.6. The molecular formula is C18H22N2O3S2. The first-order valence-electron chi connectivity index (χ1n) is 7.90. The van der Waals surface area contributed by atoms with Gasteiger partial charge in [0.1, 0.15) is 10.1 Å². The fourth-order valence-corrected chi connectivity index (χ4v) is 3.61. The van der Waals surface area contributed by atoms with Crippen LogP contribution < -0.4 is 10.1 Å². The van der Waals surface area contributed by atoms with E-state index < -0.39 is 0 Å². The third-order valence-electron chi connectivity index (χ3n) is 3.38. The summed E-state index contributed by atoms with van der Waals surface area (Å²) in [4.78, 5) is 26.6. The number of benzene rings is 1. The highest BCUT2D eigenvalue weighted by molar-refractivity contribution is 8.26. The standard InChI is InChI=1S/C18H22N2O3S2/c1-18(2,3)19-15(21)9-10-20-16(22)14(25-17(20)24)11-12-7-5-6-8-13(12)23-4/h5-8,11H,9-10H2,1-4H3,(H,19,21)/b14-11-. The fraction of sp³-hybridized carbons (Fsp3) is 0.389. The van der Waals surface area contributed by atoms with Crippen LogP contribution in [0.15, 0.2) is 29.2 Å². The monoisotopic (exact) mass is 378 g/mol. The average molecular weight is 379 g/mol. The molecule has 2 rings (SSSR count). The average Bonchev–Trinajstić information content (AvgIpc) is 2.78. The third-order valence-corrected chi connectivity index (χ3v) is 4.75. The minimum Gasteiger partial charge on any atom is -0.496 e. The van der Waals surface area contributed by atoms with E-state index in [4.69, 9.17) is 17.0 Å². The van der Waals surface area contributed by atoms with Gasteiger partial charge in [-0.15, -0.1) is 0 Å². The molecule has 0 unspecified atom stereocenters. The Morgan fingerprint density at radius 3 is 2.68 bits per heavy atom. The third kappa shape index (κ3) is 5.31. The summed E-state index contributed by atoms with van der Waals surface area (Å²) in [6.45, 7) is 6.03. The minimum absolute atomic E-state index is 0.102. The van der Waals surface area contributed by atoms with E-state index >= 15 is 0 Å². The number of carbonyl (C=O) groups excluding carboxylic acids is 2. The Labute approximate surface area is 157 Å². The van der Waals surface area contributed by atoms with E-state index in [2.05, 4.69) is 5.32 Å². The molecule has 0 spiro atoms. The largest absolute Gasteiger partial charge is 0.496 e. The number of rotatable bonds is 5. The van der Waals surface area contributed by atoms with Crippen LogP contribution in [0.3, 0.4) is 0 Å². The van der Waals surface area contributed by atoms with Gasteiger partial charge in [-0.05, 0) is 32.9 Å². The highest BCUT2D eigenvalue weighted by Crippen LogP contribution is 2.34. The summed E-state index contributed by atoms with van der Waals surface area (Å²) < 4.78 is 5.77. The lowest BCUT2D eigenvalue weighted by Gasteiger charge is -2.21. The number of thioether (sulfide) groups is 1. The summed E-state index contributed by atoms with van der Waals surface area (Å²) in [6, 6.07) is 7.47. The van der Waals surface area contributed by atoms with Crippen molar-refractivity contribution >= 4 is 46.2 Å². The fourth-order valence-electron chi connectivity index (χ4n) is 2.31. The lowest BCUT2D eigenvalue weighted by molar-refractivity contribution is -0.124. The maximum absolute atomic E-state index is 12.6. The zero-order valence-corrected chi connectivity index (χ0v) is 16.4. The highest BCUT2D eigenvalue weighted by atomic mass is 32.2. The van der Waals surface area contributed by atoms with E-state index in [0.717, 1.165) is 5.56 Å². The van der Waals surface area contributed by atoms with Gasteiger partial charge in [-0.1, -0.05) is 42.2 Å². The van der Waals surface area contributed by atoms with E-state index in [1.54, 1.807) is 13.2 Å². The zero-order valence-electron chi connectivity index (χ0n) is 14.8. The lowest BCUT2D eigenvalue weighted by Crippen LogP contribution is -2.42. The molecule has 1 N–H and O–H groups in total. The number of ether oxygens (including phenoxy) is 1. The van der Waals surface area contributed by atoms with Gasteiger partial charge in [0.05, 0.1) is 12.0 Å². The predicted molar refractivity (Wildman–Crippen MR) is 105 cm³/mol. The molecule has 0 saturated carbocycles. The van der Waals surface area contributed by atoms with Crippen LogP contribution in [0.1, 0.15) is 32.8 Å². The predicted octanol–water partition coefficient (Wildman–Crippen LogP) is 3.20. The first-order chi connectivity index (χ1) is 11.7. The molecule has 7 heteroatoms. The van der Waals surface area contributed by atoms with Gasteiger partial charge in [0, 0.05) is 24.1 Å². The second-order valence-electron chi connectivity index (χ2n) is 6.62. The normalized spacial score (nSPS) is 16.5. The van der Waals surface area contributed by atoms with E-state index in [1.165, 1.54) is 16.7 Å². The number of nitrogens with zero attached hydrogens (tertiary/aromatic N) is 1. The molecule has 1 aromatic carbocycles. The van der Waals surface area contributed by atoms with Gasteiger partial charge in [0.15, 0.2) is 0 Å². The molecule has 1 aromatic rings. The first-order valence-corrected chi connectivity index (χ1v) is 9.13. The van der Waals surface area contributed by atoms with Gasteiger partial charge in [-0.2, -0.15) is 0 Å². The van der Waals surface area contributed by atoms with Crippen molar-refractivity contribution in [2.45, 2.75) is 32.7 Å². The number of hydrogen-bond acceptors (Lipinski definition) is 5. The van der Waals surface area contributed by atoms with Crippen molar-refractivity contribution in [1.82, 2.24) is 10.2 Å². The SMILES string of the molecule is COc1ccccc1/C=C1\SC(=S)N(CCC(=O)NC(C)(C)C)C1=O. The molecule has 1 aliphatic heterocycles. The Morgan fingerprint density at radius 2 is 2.04 bits per heavy atom. The summed E-state index contributed by atoms with van der Waals surface area (Å²) >= 11 is 6.54. The molecule has 0 atom stereocenters. The summed E-state index contributed by atoms with van der Waals surface area (Å²) in [7, 11) is 1.59. The van der Waals surface area contributed by atoms with Gasteiger partial charge < -0.3 is 10.1 Å². The van der Waals surface area contributed by atoms with Crippen LogP contribution in [0.5, 0.6) is 5.75 Å². The van der Waals surface area contributed by atoms with Crippen LogP contribution in [0, 0.1) is 0 Å². The Kier molecular flexibility index (Phi) is 6.24. The quantitative estimate of drug-likeness (QED) is 0.630. The van der Waals surface area contributed by atoms with Crippen molar-refractivity contribution in [2.24, 2.45) is 0 Å². The molecule has 0 aliphatic carbocycles. The molecule has 1 saturated heterocycles. The maximum Gasteiger partial charge on any atom is 0.266 e. The molecule has 0 radical (unpaired) electrons. The topological polar surface area (TPSA) is 58.6 Å². The summed E-state index contributed by atoms with van der Waals surface area (Å²) in [6.07, 6.45) is 1.99. The molecule has 134 valence electrons. The summed E-state index contributed by atoms with van der Waals surface area (Å²) in [5.41, 5.74) is 0.520. The molecule has 2 amide bonds. The second kappa shape index (κ2) is 8.01.